The average Bonchev–Trinajstić information content (AvgIpc) is 2.46. The lowest BCUT2D eigenvalue weighted by atomic mass is 10.2. The van der Waals surface area contributed by atoms with Gasteiger partial charge in [-0.1, -0.05) is 36.4 Å². The van der Waals surface area contributed by atoms with Gasteiger partial charge in [-0.15, -0.1) is 11.8 Å². The summed E-state index contributed by atoms with van der Waals surface area (Å²) in [5.74, 6) is 0.846. The van der Waals surface area contributed by atoms with Crippen LogP contribution in [-0.4, -0.2) is 11.3 Å². The molecule has 0 bridgehead atoms. The molecule has 0 spiro atoms. The fraction of sp³-hybridized carbons (Fsp3) is 0.188. The highest BCUT2D eigenvalue weighted by atomic mass is 32.2. The number of rotatable bonds is 4. The Bertz CT molecular complexity index is 552. The van der Waals surface area contributed by atoms with E-state index in [1.165, 1.54) is 0 Å². The molecule has 0 amide bonds. The van der Waals surface area contributed by atoms with Crippen LogP contribution in [0.1, 0.15) is 12.5 Å². The molecule has 0 aliphatic heterocycles. The lowest BCUT2D eigenvalue weighted by molar-refractivity contribution is 0.306. The van der Waals surface area contributed by atoms with E-state index >= 15 is 0 Å². The van der Waals surface area contributed by atoms with Gasteiger partial charge in [0.15, 0.2) is 0 Å². The smallest absolute Gasteiger partial charge is 0.121 e. The van der Waals surface area contributed by atoms with Crippen LogP contribution >= 0.6 is 11.8 Å². The zero-order valence-electron chi connectivity index (χ0n) is 11.2. The third kappa shape index (κ3) is 4.45. The fourth-order valence-electron chi connectivity index (χ4n) is 1.61. The van der Waals surface area contributed by atoms with E-state index in [1.807, 2.05) is 55.6 Å². The van der Waals surface area contributed by atoms with E-state index in [-0.39, 0.29) is 0 Å². The van der Waals surface area contributed by atoms with E-state index in [9.17, 15) is 0 Å². The highest BCUT2D eigenvalue weighted by Gasteiger charge is 1.98. The Morgan fingerprint density at radius 1 is 1.11 bits per heavy atom. The Hall–Kier alpha value is -1.74. The lowest BCUT2D eigenvalue weighted by Gasteiger charge is -2.07. The Morgan fingerprint density at radius 3 is 2.63 bits per heavy atom. The van der Waals surface area contributed by atoms with Crippen LogP contribution in [-0.2, 0) is 6.61 Å². The van der Waals surface area contributed by atoms with Crippen molar-refractivity contribution < 1.29 is 4.74 Å². The van der Waals surface area contributed by atoms with E-state index < -0.39 is 0 Å². The first kappa shape index (κ1) is 13.7. The molecule has 0 unspecified atom stereocenters. The minimum absolute atomic E-state index is 0.579. The number of thioether (sulfide) groups is 1. The van der Waals surface area contributed by atoms with Gasteiger partial charge in [-0.25, -0.2) is 4.99 Å². The van der Waals surface area contributed by atoms with Gasteiger partial charge < -0.3 is 4.74 Å². The summed E-state index contributed by atoms with van der Waals surface area (Å²) >= 11 is 1.64. The van der Waals surface area contributed by atoms with Gasteiger partial charge in [0.2, 0.25) is 0 Å². The summed E-state index contributed by atoms with van der Waals surface area (Å²) in [6.45, 7) is 2.58. The van der Waals surface area contributed by atoms with Crippen molar-refractivity contribution in [3.8, 4) is 5.75 Å². The number of hydrogen-bond donors (Lipinski definition) is 0. The molecule has 3 heteroatoms. The molecule has 19 heavy (non-hydrogen) atoms. The summed E-state index contributed by atoms with van der Waals surface area (Å²) in [4.78, 5) is 4.49. The van der Waals surface area contributed by atoms with Crippen LogP contribution in [0.15, 0.2) is 59.6 Å². The SMILES string of the molecule is CSC(C)=Nc1cccc(OCc2ccccc2)c1. The molecule has 0 aliphatic carbocycles. The van der Waals surface area contributed by atoms with Gasteiger partial charge in [-0.3, -0.25) is 0 Å². The van der Waals surface area contributed by atoms with Crippen LogP contribution < -0.4 is 4.74 Å². The van der Waals surface area contributed by atoms with E-state index in [4.69, 9.17) is 4.74 Å². The topological polar surface area (TPSA) is 21.6 Å². The predicted molar refractivity (Wildman–Crippen MR) is 83.5 cm³/mol. The molecule has 98 valence electrons. The number of benzene rings is 2. The molecule has 0 aromatic heterocycles. The Labute approximate surface area is 118 Å². The average molecular weight is 271 g/mol. The molecule has 0 atom stereocenters. The summed E-state index contributed by atoms with van der Waals surface area (Å²) in [5, 5.41) is 1.04. The minimum atomic E-state index is 0.579. The second-order valence-corrected chi connectivity index (χ2v) is 5.11. The second kappa shape index (κ2) is 7.00. The molecule has 0 aliphatic rings. The van der Waals surface area contributed by atoms with Crippen molar-refractivity contribution in [3.63, 3.8) is 0 Å². The standard InChI is InChI=1S/C16H17NOS/c1-13(19-2)17-15-9-6-10-16(11-15)18-12-14-7-4-3-5-8-14/h3-11H,12H2,1-2H3. The Balaban J connectivity index is 2.03. The maximum Gasteiger partial charge on any atom is 0.121 e. The predicted octanol–water partition coefficient (Wildman–Crippen LogP) is 4.68. The molecule has 0 N–H and O–H groups in total. The van der Waals surface area contributed by atoms with Gasteiger partial charge in [-0.2, -0.15) is 0 Å². The van der Waals surface area contributed by atoms with Crippen molar-refractivity contribution in [2.24, 2.45) is 4.99 Å². The van der Waals surface area contributed by atoms with Crippen molar-refractivity contribution in [1.29, 1.82) is 0 Å². The van der Waals surface area contributed by atoms with E-state index in [2.05, 4.69) is 17.1 Å². The number of ether oxygens (including phenoxy) is 1. The quantitative estimate of drug-likeness (QED) is 0.595. The third-order valence-electron chi connectivity index (χ3n) is 2.65. The maximum atomic E-state index is 5.77. The first-order chi connectivity index (χ1) is 9.28. The Kier molecular flexibility index (Phi) is 5.04. The highest BCUT2D eigenvalue weighted by Crippen LogP contribution is 2.22. The van der Waals surface area contributed by atoms with Crippen LogP contribution in [0.4, 0.5) is 5.69 Å². The molecule has 0 saturated heterocycles. The molecule has 0 heterocycles. The van der Waals surface area contributed by atoms with Gasteiger partial charge in [-0.05, 0) is 30.9 Å². The van der Waals surface area contributed by atoms with Crippen LogP contribution in [0.5, 0.6) is 5.75 Å². The monoisotopic (exact) mass is 271 g/mol. The van der Waals surface area contributed by atoms with Crippen LogP contribution in [0.25, 0.3) is 0 Å². The van der Waals surface area contributed by atoms with Crippen LogP contribution in [0.3, 0.4) is 0 Å². The first-order valence-electron chi connectivity index (χ1n) is 6.14. The summed E-state index contributed by atoms with van der Waals surface area (Å²) in [6.07, 6.45) is 2.02. The highest BCUT2D eigenvalue weighted by molar-refractivity contribution is 8.13. The van der Waals surface area contributed by atoms with E-state index in [1.54, 1.807) is 11.8 Å². The maximum absolute atomic E-state index is 5.77. The molecule has 2 rings (SSSR count). The molecular formula is C16H17NOS. The van der Waals surface area contributed by atoms with Crippen molar-refractivity contribution in [1.82, 2.24) is 0 Å². The Morgan fingerprint density at radius 2 is 1.89 bits per heavy atom. The normalized spacial score (nSPS) is 11.4. The van der Waals surface area contributed by atoms with E-state index in [0.717, 1.165) is 22.0 Å². The lowest BCUT2D eigenvalue weighted by Crippen LogP contribution is -1.94. The van der Waals surface area contributed by atoms with Gasteiger partial charge in [0.25, 0.3) is 0 Å². The number of hydrogen-bond acceptors (Lipinski definition) is 3. The van der Waals surface area contributed by atoms with E-state index in [0.29, 0.717) is 6.61 Å². The van der Waals surface area contributed by atoms with Crippen molar-refractivity contribution in [3.05, 3.63) is 60.2 Å². The molecule has 0 saturated carbocycles. The minimum Gasteiger partial charge on any atom is -0.489 e. The summed E-state index contributed by atoms with van der Waals surface area (Å²) < 4.78 is 5.77. The van der Waals surface area contributed by atoms with Gasteiger partial charge in [0.05, 0.1) is 10.7 Å². The summed E-state index contributed by atoms with van der Waals surface area (Å²) in [6, 6.07) is 18.0. The van der Waals surface area contributed by atoms with Gasteiger partial charge in [0.1, 0.15) is 12.4 Å². The molecule has 2 aromatic rings. The largest absolute Gasteiger partial charge is 0.489 e. The first-order valence-corrected chi connectivity index (χ1v) is 7.36. The van der Waals surface area contributed by atoms with Crippen molar-refractivity contribution in [2.45, 2.75) is 13.5 Å². The molecule has 2 nitrogen and oxygen atoms in total. The zero-order valence-corrected chi connectivity index (χ0v) is 12.0. The fourth-order valence-corrected chi connectivity index (χ4v) is 1.81. The molecule has 0 fully saturated rings. The van der Waals surface area contributed by atoms with Crippen LogP contribution in [0.2, 0.25) is 0 Å². The second-order valence-electron chi connectivity index (χ2n) is 4.11. The van der Waals surface area contributed by atoms with Gasteiger partial charge >= 0.3 is 0 Å². The number of nitrogens with zero attached hydrogens (tertiary/aromatic N) is 1. The van der Waals surface area contributed by atoms with Crippen molar-refractivity contribution in [2.75, 3.05) is 6.26 Å². The van der Waals surface area contributed by atoms with Crippen molar-refractivity contribution >= 4 is 22.5 Å². The zero-order chi connectivity index (χ0) is 13.5. The molecule has 2 aromatic carbocycles. The summed E-state index contributed by atoms with van der Waals surface area (Å²) in [5.41, 5.74) is 2.09. The number of aliphatic imine (C=N–C) groups is 1. The third-order valence-corrected chi connectivity index (χ3v) is 3.33. The molecule has 0 radical (unpaired) electrons. The van der Waals surface area contributed by atoms with Crippen LogP contribution in [0, 0.1) is 0 Å². The molecular weight excluding hydrogens is 254 g/mol. The van der Waals surface area contributed by atoms with Gasteiger partial charge in [0, 0.05) is 6.07 Å². The summed E-state index contributed by atoms with van der Waals surface area (Å²) in [7, 11) is 0.